The van der Waals surface area contributed by atoms with Crippen LogP contribution >= 0.6 is 11.6 Å². The number of nitrogens with one attached hydrogen (secondary N) is 2. The molecule has 2 aromatic heterocycles. The summed E-state index contributed by atoms with van der Waals surface area (Å²) >= 11 is 5.99. The van der Waals surface area contributed by atoms with E-state index >= 15 is 4.39 Å². The predicted molar refractivity (Wildman–Crippen MR) is 141 cm³/mol. The molecule has 0 unspecified atom stereocenters. The maximum Gasteiger partial charge on any atom is 0.250 e. The molecule has 7 nitrogen and oxygen atoms in total. The third-order valence-electron chi connectivity index (χ3n) is 6.56. The number of halogens is 2. The van der Waals surface area contributed by atoms with Crippen molar-refractivity contribution in [3.05, 3.63) is 98.8 Å². The second kappa shape index (κ2) is 9.88. The lowest BCUT2D eigenvalue weighted by Crippen LogP contribution is -2.36. The Labute approximate surface area is 217 Å². The third-order valence-corrected chi connectivity index (χ3v) is 6.77. The van der Waals surface area contributed by atoms with E-state index in [1.54, 1.807) is 18.2 Å². The summed E-state index contributed by atoms with van der Waals surface area (Å²) < 4.78 is 26.9. The molecule has 2 N–H and O–H groups in total. The van der Waals surface area contributed by atoms with Crippen LogP contribution in [0.5, 0.6) is 11.5 Å². The van der Waals surface area contributed by atoms with E-state index in [4.69, 9.17) is 21.1 Å². The fraction of sp³-hybridized carbons (Fsp3) is 0.214. The first-order chi connectivity index (χ1) is 18.0. The molecule has 37 heavy (non-hydrogen) atoms. The van der Waals surface area contributed by atoms with Crippen molar-refractivity contribution < 1.29 is 13.9 Å². The van der Waals surface area contributed by atoms with E-state index in [1.165, 1.54) is 12.1 Å². The van der Waals surface area contributed by atoms with Crippen molar-refractivity contribution in [2.45, 2.75) is 13.0 Å². The van der Waals surface area contributed by atoms with Crippen LogP contribution in [0.4, 0.5) is 15.8 Å². The molecule has 9 heteroatoms. The average molecular weight is 519 g/mol. The number of hydrogen-bond donors (Lipinski definition) is 2. The van der Waals surface area contributed by atoms with Crippen molar-refractivity contribution in [1.29, 1.82) is 0 Å². The molecule has 0 aliphatic carbocycles. The smallest absolute Gasteiger partial charge is 0.250 e. The number of pyridine rings is 2. The second-order valence-electron chi connectivity index (χ2n) is 9.03. The monoisotopic (exact) mass is 518 g/mol. The Morgan fingerprint density at radius 2 is 1.92 bits per heavy atom. The third kappa shape index (κ3) is 4.90. The highest BCUT2D eigenvalue weighted by molar-refractivity contribution is 6.29. The van der Waals surface area contributed by atoms with Gasteiger partial charge in [-0.3, -0.25) is 4.79 Å². The maximum absolute atomic E-state index is 15.2. The number of anilines is 2. The number of H-pyrrole nitrogens is 1. The molecule has 0 spiro atoms. The van der Waals surface area contributed by atoms with Gasteiger partial charge in [-0.2, -0.15) is 0 Å². The highest BCUT2D eigenvalue weighted by Crippen LogP contribution is 2.44. The average Bonchev–Trinajstić information content (AvgIpc) is 2.91. The Balaban J connectivity index is 1.29. The lowest BCUT2D eigenvalue weighted by molar-refractivity contribution is 0.122. The van der Waals surface area contributed by atoms with Crippen LogP contribution in [0.2, 0.25) is 5.15 Å². The second-order valence-corrected chi connectivity index (χ2v) is 9.42. The quantitative estimate of drug-likeness (QED) is 0.304. The molecular formula is C28H24ClFN4O3. The van der Waals surface area contributed by atoms with E-state index in [-0.39, 0.29) is 11.1 Å². The number of nitrogens with zero attached hydrogens (tertiary/aromatic N) is 2. The van der Waals surface area contributed by atoms with Crippen molar-refractivity contribution in [2.75, 3.05) is 36.5 Å². The zero-order valence-corrected chi connectivity index (χ0v) is 20.6. The molecular weight excluding hydrogens is 495 g/mol. The van der Waals surface area contributed by atoms with Crippen LogP contribution in [0, 0.1) is 5.82 Å². The number of rotatable bonds is 5. The number of benzene rings is 2. The molecule has 1 fully saturated rings. The summed E-state index contributed by atoms with van der Waals surface area (Å²) in [4.78, 5) is 21.7. The van der Waals surface area contributed by atoms with E-state index in [1.807, 2.05) is 30.3 Å². The van der Waals surface area contributed by atoms with Crippen LogP contribution in [-0.2, 0) is 17.7 Å². The van der Waals surface area contributed by atoms with Gasteiger partial charge in [-0.25, -0.2) is 9.37 Å². The summed E-state index contributed by atoms with van der Waals surface area (Å²) in [5, 5.41) is 3.82. The number of aromatic nitrogens is 2. The zero-order chi connectivity index (χ0) is 25.4. The van der Waals surface area contributed by atoms with E-state index in [0.717, 1.165) is 28.2 Å². The Kier molecular flexibility index (Phi) is 6.28. The minimum atomic E-state index is -0.454. The Bertz CT molecular complexity index is 1530. The van der Waals surface area contributed by atoms with Gasteiger partial charge in [-0.1, -0.05) is 23.7 Å². The number of morpholine rings is 1. The van der Waals surface area contributed by atoms with Crippen LogP contribution in [0.25, 0.3) is 11.3 Å². The molecule has 1 saturated heterocycles. The molecule has 0 bridgehead atoms. The molecule has 4 heterocycles. The number of aromatic amines is 1. The first-order valence-electron chi connectivity index (χ1n) is 12.1. The van der Waals surface area contributed by atoms with Gasteiger partial charge >= 0.3 is 0 Å². The summed E-state index contributed by atoms with van der Waals surface area (Å²) in [7, 11) is 0. The zero-order valence-electron chi connectivity index (χ0n) is 19.9. The first kappa shape index (κ1) is 23.5. The first-order valence-corrected chi connectivity index (χ1v) is 12.5. The van der Waals surface area contributed by atoms with Crippen molar-refractivity contribution >= 4 is 23.0 Å². The fourth-order valence-corrected chi connectivity index (χ4v) is 4.94. The molecule has 0 saturated carbocycles. The molecule has 2 aliphatic heterocycles. The number of fused-ring (bicyclic) bond motifs is 2. The molecule has 0 radical (unpaired) electrons. The van der Waals surface area contributed by atoms with E-state index in [0.29, 0.717) is 61.6 Å². The highest BCUT2D eigenvalue weighted by Gasteiger charge is 2.25. The maximum atomic E-state index is 15.2. The van der Waals surface area contributed by atoms with Crippen molar-refractivity contribution in [3.63, 3.8) is 0 Å². The molecule has 0 amide bonds. The van der Waals surface area contributed by atoms with Gasteiger partial charge in [0.2, 0.25) is 5.56 Å². The molecule has 6 rings (SSSR count). The van der Waals surface area contributed by atoms with Gasteiger partial charge in [0.25, 0.3) is 0 Å². The van der Waals surface area contributed by atoms with Crippen molar-refractivity contribution in [2.24, 2.45) is 0 Å². The van der Waals surface area contributed by atoms with Crippen LogP contribution in [0.1, 0.15) is 16.8 Å². The summed E-state index contributed by atoms with van der Waals surface area (Å²) in [6.07, 6.45) is 0.566. The van der Waals surface area contributed by atoms with Gasteiger partial charge in [-0.15, -0.1) is 0 Å². The lowest BCUT2D eigenvalue weighted by Gasteiger charge is -2.29. The molecule has 2 aromatic carbocycles. The normalized spacial score (nSPS) is 14.5. The Hall–Kier alpha value is -3.88. The van der Waals surface area contributed by atoms with Crippen LogP contribution in [0.15, 0.2) is 65.5 Å². The fourth-order valence-electron chi connectivity index (χ4n) is 4.76. The molecule has 2 aliphatic rings. The summed E-state index contributed by atoms with van der Waals surface area (Å²) in [5.41, 5.74) is 4.65. The standard InChI is InChI=1S/C28H24ClFN4O3/c29-25-3-1-2-20(32-25)16-31-19-5-7-24-18(13-19)12-17-4-6-22(30)27(28(17)37-24)23-14-21(15-26(35)33-23)34-8-10-36-11-9-34/h1-7,13-15,31H,8-12,16H2,(H,33,35). The van der Waals surface area contributed by atoms with Gasteiger partial charge in [0.05, 0.1) is 36.7 Å². The van der Waals surface area contributed by atoms with Gasteiger partial charge in [-0.05, 0) is 42.5 Å². The molecule has 0 atom stereocenters. The van der Waals surface area contributed by atoms with E-state index < -0.39 is 5.82 Å². The molecule has 4 aromatic rings. The SMILES string of the molecule is O=c1cc(N2CCOCC2)cc(-c2c(F)ccc3c2Oc2ccc(NCc4cccc(Cl)n4)cc2C3)[nH]1. The minimum Gasteiger partial charge on any atom is -0.456 e. The van der Waals surface area contributed by atoms with Gasteiger partial charge < -0.3 is 24.7 Å². The van der Waals surface area contributed by atoms with Crippen LogP contribution < -0.4 is 20.5 Å². The summed E-state index contributed by atoms with van der Waals surface area (Å²) in [5.74, 6) is 0.618. The largest absolute Gasteiger partial charge is 0.456 e. The van der Waals surface area contributed by atoms with E-state index in [9.17, 15) is 4.79 Å². The van der Waals surface area contributed by atoms with Gasteiger partial charge in [0.15, 0.2) is 0 Å². The minimum absolute atomic E-state index is 0.254. The Morgan fingerprint density at radius 3 is 2.76 bits per heavy atom. The number of hydrogen-bond acceptors (Lipinski definition) is 6. The van der Waals surface area contributed by atoms with Gasteiger partial charge in [0, 0.05) is 48.1 Å². The Morgan fingerprint density at radius 1 is 1.05 bits per heavy atom. The van der Waals surface area contributed by atoms with Crippen molar-refractivity contribution in [1.82, 2.24) is 9.97 Å². The van der Waals surface area contributed by atoms with E-state index in [2.05, 4.69) is 20.2 Å². The summed E-state index contributed by atoms with van der Waals surface area (Å²) in [6, 6.07) is 17.8. The number of ether oxygens (including phenoxy) is 2. The van der Waals surface area contributed by atoms with Crippen molar-refractivity contribution in [3.8, 4) is 22.8 Å². The highest BCUT2D eigenvalue weighted by atomic mass is 35.5. The van der Waals surface area contributed by atoms with Gasteiger partial charge in [0.1, 0.15) is 22.5 Å². The van der Waals surface area contributed by atoms with Crippen LogP contribution in [0.3, 0.4) is 0 Å². The summed E-state index contributed by atoms with van der Waals surface area (Å²) in [6.45, 7) is 3.05. The topological polar surface area (TPSA) is 79.5 Å². The van der Waals surface area contributed by atoms with Crippen LogP contribution in [-0.4, -0.2) is 36.3 Å². The lowest BCUT2D eigenvalue weighted by atomic mass is 9.95. The molecule has 188 valence electrons. The predicted octanol–water partition coefficient (Wildman–Crippen LogP) is 5.37.